The highest BCUT2D eigenvalue weighted by Gasteiger charge is 2.26. The Bertz CT molecular complexity index is 282. The van der Waals surface area contributed by atoms with Crippen molar-refractivity contribution >= 4 is 11.8 Å². The van der Waals surface area contributed by atoms with Crippen molar-refractivity contribution < 1.29 is 9.59 Å². The van der Waals surface area contributed by atoms with Gasteiger partial charge in [0.05, 0.1) is 0 Å². The molecular formula is C14H28N2O2. The van der Waals surface area contributed by atoms with Gasteiger partial charge in [0, 0.05) is 18.5 Å². The third-order valence-corrected chi connectivity index (χ3v) is 2.87. The van der Waals surface area contributed by atoms with Gasteiger partial charge in [-0.25, -0.2) is 0 Å². The molecule has 0 saturated heterocycles. The van der Waals surface area contributed by atoms with E-state index in [0.717, 1.165) is 19.4 Å². The van der Waals surface area contributed by atoms with E-state index in [-0.39, 0.29) is 11.8 Å². The van der Waals surface area contributed by atoms with Crippen LogP contribution >= 0.6 is 0 Å². The molecule has 1 unspecified atom stereocenters. The number of likely N-dealkylation sites (N-methyl/N-ethyl adjacent to an activating group) is 1. The predicted octanol–water partition coefficient (Wildman–Crippen LogP) is 2.19. The smallest absolute Gasteiger partial charge is 0.244 e. The van der Waals surface area contributed by atoms with Crippen molar-refractivity contribution in [2.75, 3.05) is 13.1 Å². The highest BCUT2D eigenvalue weighted by molar-refractivity contribution is 5.89. The fourth-order valence-electron chi connectivity index (χ4n) is 1.52. The Balaban J connectivity index is 4.44. The number of carbonyl (C=O) groups excluding carboxylic acids is 2. The van der Waals surface area contributed by atoms with Crippen molar-refractivity contribution in [3.8, 4) is 0 Å². The van der Waals surface area contributed by atoms with E-state index in [1.165, 1.54) is 0 Å². The standard InChI is InChI=1S/C14H28N2O2/c1-7-9-10-16(8-2)12(17)11(3)15-13(18)14(4,5)6/h11H,7-10H2,1-6H3,(H,15,18). The Morgan fingerprint density at radius 3 is 2.17 bits per heavy atom. The molecule has 0 heterocycles. The Morgan fingerprint density at radius 2 is 1.78 bits per heavy atom. The van der Waals surface area contributed by atoms with Gasteiger partial charge in [-0.15, -0.1) is 0 Å². The lowest BCUT2D eigenvalue weighted by Crippen LogP contribution is -2.49. The number of nitrogens with one attached hydrogen (secondary N) is 1. The Kier molecular flexibility index (Phi) is 6.96. The molecule has 0 aromatic rings. The molecule has 1 atom stereocenters. The number of amides is 2. The maximum atomic E-state index is 12.2. The molecule has 0 rings (SSSR count). The second kappa shape index (κ2) is 7.39. The first-order chi connectivity index (χ1) is 8.23. The molecule has 106 valence electrons. The van der Waals surface area contributed by atoms with Gasteiger partial charge in [-0.2, -0.15) is 0 Å². The second-order valence-electron chi connectivity index (χ2n) is 5.72. The van der Waals surface area contributed by atoms with Crippen LogP contribution in [0.2, 0.25) is 0 Å². The molecule has 1 N–H and O–H groups in total. The zero-order chi connectivity index (χ0) is 14.3. The van der Waals surface area contributed by atoms with Crippen LogP contribution in [-0.2, 0) is 9.59 Å². The van der Waals surface area contributed by atoms with Gasteiger partial charge in [-0.1, -0.05) is 34.1 Å². The summed E-state index contributed by atoms with van der Waals surface area (Å²) in [5.74, 6) is -0.0848. The summed E-state index contributed by atoms with van der Waals surface area (Å²) in [7, 11) is 0. The maximum absolute atomic E-state index is 12.2. The molecule has 0 bridgehead atoms. The first kappa shape index (κ1) is 16.9. The minimum absolute atomic E-state index is 0.00329. The van der Waals surface area contributed by atoms with Crippen molar-refractivity contribution in [1.82, 2.24) is 10.2 Å². The summed E-state index contributed by atoms with van der Waals surface area (Å²) in [5, 5.41) is 2.78. The maximum Gasteiger partial charge on any atom is 0.244 e. The fraction of sp³-hybridized carbons (Fsp3) is 0.857. The minimum Gasteiger partial charge on any atom is -0.344 e. The molecule has 0 aliphatic carbocycles. The van der Waals surface area contributed by atoms with E-state index in [9.17, 15) is 9.59 Å². The SMILES string of the molecule is CCCCN(CC)C(=O)C(C)NC(=O)C(C)(C)C. The average Bonchev–Trinajstić information content (AvgIpc) is 2.28. The van der Waals surface area contributed by atoms with E-state index in [1.807, 2.05) is 27.7 Å². The number of unbranched alkanes of at least 4 members (excludes halogenated alkanes) is 1. The molecule has 0 aromatic heterocycles. The van der Waals surface area contributed by atoms with Crippen molar-refractivity contribution in [3.05, 3.63) is 0 Å². The molecule has 2 amide bonds. The van der Waals surface area contributed by atoms with Crippen LogP contribution in [0, 0.1) is 5.41 Å². The molecular weight excluding hydrogens is 228 g/mol. The third-order valence-electron chi connectivity index (χ3n) is 2.87. The monoisotopic (exact) mass is 256 g/mol. The third kappa shape index (κ3) is 5.52. The van der Waals surface area contributed by atoms with E-state index in [4.69, 9.17) is 0 Å². The molecule has 0 fully saturated rings. The first-order valence-corrected chi connectivity index (χ1v) is 6.83. The summed E-state index contributed by atoms with van der Waals surface area (Å²) < 4.78 is 0. The fourth-order valence-corrected chi connectivity index (χ4v) is 1.52. The highest BCUT2D eigenvalue weighted by Crippen LogP contribution is 2.13. The van der Waals surface area contributed by atoms with Gasteiger partial charge in [-0.05, 0) is 20.3 Å². The summed E-state index contributed by atoms with van der Waals surface area (Å²) in [5.41, 5.74) is -0.463. The van der Waals surface area contributed by atoms with Crippen LogP contribution in [0.5, 0.6) is 0 Å². The largest absolute Gasteiger partial charge is 0.344 e. The van der Waals surface area contributed by atoms with Gasteiger partial charge in [0.1, 0.15) is 6.04 Å². The summed E-state index contributed by atoms with van der Waals surface area (Å²) in [4.78, 5) is 25.8. The van der Waals surface area contributed by atoms with Crippen LogP contribution in [0.1, 0.15) is 54.4 Å². The number of hydrogen-bond acceptors (Lipinski definition) is 2. The minimum atomic E-state index is -0.463. The molecule has 4 heteroatoms. The van der Waals surface area contributed by atoms with Gasteiger partial charge < -0.3 is 10.2 Å². The van der Waals surface area contributed by atoms with Crippen LogP contribution in [0.4, 0.5) is 0 Å². The lowest BCUT2D eigenvalue weighted by Gasteiger charge is -2.27. The average molecular weight is 256 g/mol. The summed E-state index contributed by atoms with van der Waals surface area (Å²) >= 11 is 0. The number of rotatable bonds is 6. The molecule has 18 heavy (non-hydrogen) atoms. The molecule has 0 radical (unpaired) electrons. The van der Waals surface area contributed by atoms with Gasteiger partial charge >= 0.3 is 0 Å². The molecule has 4 nitrogen and oxygen atoms in total. The van der Waals surface area contributed by atoms with Gasteiger partial charge in [0.15, 0.2) is 0 Å². The van der Waals surface area contributed by atoms with E-state index in [0.29, 0.717) is 6.54 Å². The molecule has 0 spiro atoms. The number of carbonyl (C=O) groups is 2. The Hall–Kier alpha value is -1.06. The molecule has 0 aliphatic rings. The highest BCUT2D eigenvalue weighted by atomic mass is 16.2. The Morgan fingerprint density at radius 1 is 1.22 bits per heavy atom. The normalized spacial score (nSPS) is 13.0. The van der Waals surface area contributed by atoms with Crippen LogP contribution < -0.4 is 5.32 Å². The first-order valence-electron chi connectivity index (χ1n) is 6.83. The van der Waals surface area contributed by atoms with E-state index in [2.05, 4.69) is 12.2 Å². The van der Waals surface area contributed by atoms with Crippen LogP contribution in [0.15, 0.2) is 0 Å². The van der Waals surface area contributed by atoms with Crippen LogP contribution in [0.25, 0.3) is 0 Å². The number of hydrogen-bond donors (Lipinski definition) is 1. The van der Waals surface area contributed by atoms with Crippen molar-refractivity contribution in [2.45, 2.75) is 60.4 Å². The molecule has 0 aliphatic heterocycles. The Labute approximate surface area is 111 Å². The quantitative estimate of drug-likeness (QED) is 0.792. The molecule has 0 saturated carbocycles. The lowest BCUT2D eigenvalue weighted by atomic mass is 9.95. The number of nitrogens with zero attached hydrogens (tertiary/aromatic N) is 1. The van der Waals surface area contributed by atoms with Crippen LogP contribution in [-0.4, -0.2) is 35.8 Å². The summed E-state index contributed by atoms with van der Waals surface area (Å²) in [6.07, 6.45) is 2.06. The van der Waals surface area contributed by atoms with Crippen molar-refractivity contribution in [2.24, 2.45) is 5.41 Å². The molecule has 0 aromatic carbocycles. The van der Waals surface area contributed by atoms with E-state index < -0.39 is 11.5 Å². The topological polar surface area (TPSA) is 49.4 Å². The second-order valence-corrected chi connectivity index (χ2v) is 5.72. The predicted molar refractivity (Wildman–Crippen MR) is 74.2 cm³/mol. The lowest BCUT2D eigenvalue weighted by molar-refractivity contribution is -0.138. The van der Waals surface area contributed by atoms with Crippen molar-refractivity contribution in [3.63, 3.8) is 0 Å². The summed E-state index contributed by atoms with van der Waals surface area (Å²) in [6, 6.07) is -0.450. The van der Waals surface area contributed by atoms with Crippen molar-refractivity contribution in [1.29, 1.82) is 0 Å². The van der Waals surface area contributed by atoms with Gasteiger partial charge in [-0.3, -0.25) is 9.59 Å². The van der Waals surface area contributed by atoms with E-state index >= 15 is 0 Å². The van der Waals surface area contributed by atoms with Crippen LogP contribution in [0.3, 0.4) is 0 Å². The van der Waals surface area contributed by atoms with E-state index in [1.54, 1.807) is 11.8 Å². The zero-order valence-electron chi connectivity index (χ0n) is 12.7. The van der Waals surface area contributed by atoms with Gasteiger partial charge in [0.25, 0.3) is 0 Å². The summed E-state index contributed by atoms with van der Waals surface area (Å²) in [6.45, 7) is 12.8. The zero-order valence-corrected chi connectivity index (χ0v) is 12.7. The van der Waals surface area contributed by atoms with Gasteiger partial charge in [0.2, 0.25) is 11.8 Å².